The Bertz CT molecular complexity index is 287. The topological polar surface area (TPSA) is 45.4 Å². The van der Waals surface area contributed by atoms with E-state index in [1.807, 2.05) is 6.92 Å². The van der Waals surface area contributed by atoms with Gasteiger partial charge < -0.3 is 14.8 Å². The van der Waals surface area contributed by atoms with Gasteiger partial charge in [-0.3, -0.25) is 0 Å². The summed E-state index contributed by atoms with van der Waals surface area (Å²) in [6.07, 6.45) is 6.76. The zero-order valence-electron chi connectivity index (χ0n) is 8.23. The highest BCUT2D eigenvalue weighted by atomic mass is 16.4. The van der Waals surface area contributed by atoms with E-state index in [0.29, 0.717) is 18.7 Å². The van der Waals surface area contributed by atoms with Gasteiger partial charge in [-0.15, -0.1) is 12.3 Å². The first-order valence-electron chi connectivity index (χ1n) is 4.62. The van der Waals surface area contributed by atoms with Crippen molar-refractivity contribution in [3.8, 4) is 12.3 Å². The van der Waals surface area contributed by atoms with Gasteiger partial charge in [0.2, 0.25) is 0 Å². The molecule has 0 aliphatic heterocycles. The normalized spacial score (nSPS) is 14.6. The summed E-state index contributed by atoms with van der Waals surface area (Å²) in [5, 5.41) is 12.7. The summed E-state index contributed by atoms with van der Waals surface area (Å²) in [7, 11) is 0. The van der Waals surface area contributed by atoms with Crippen LogP contribution in [0.2, 0.25) is 0 Å². The first kappa shape index (κ1) is 10.8. The van der Waals surface area contributed by atoms with E-state index in [1.165, 1.54) is 0 Å². The molecule has 0 saturated carbocycles. The maximum Gasteiger partial charge on any atom is 0.133 e. The van der Waals surface area contributed by atoms with Gasteiger partial charge in [-0.25, -0.2) is 0 Å². The quantitative estimate of drug-likeness (QED) is 0.693. The molecule has 3 nitrogen and oxygen atoms in total. The molecule has 0 radical (unpaired) electrons. The summed E-state index contributed by atoms with van der Waals surface area (Å²) < 4.78 is 5.06. The minimum Gasteiger partial charge on any atom is -0.467 e. The van der Waals surface area contributed by atoms with Crippen molar-refractivity contribution in [2.45, 2.75) is 25.5 Å². The summed E-state index contributed by atoms with van der Waals surface area (Å²) in [6.45, 7) is 2.44. The molecule has 14 heavy (non-hydrogen) atoms. The van der Waals surface area contributed by atoms with Crippen LogP contribution < -0.4 is 5.32 Å². The lowest BCUT2D eigenvalue weighted by Crippen LogP contribution is -2.29. The fourth-order valence-electron chi connectivity index (χ4n) is 1.14. The van der Waals surface area contributed by atoms with Crippen LogP contribution in [-0.2, 0) is 0 Å². The van der Waals surface area contributed by atoms with Crippen LogP contribution in [0, 0.1) is 12.3 Å². The Labute approximate surface area is 84.1 Å². The SMILES string of the molecule is C#CCC(C)NCC(O)c1ccco1. The molecule has 2 unspecified atom stereocenters. The Morgan fingerprint density at radius 1 is 1.71 bits per heavy atom. The third-order valence-corrected chi connectivity index (χ3v) is 1.96. The molecule has 1 rings (SSSR count). The van der Waals surface area contributed by atoms with Crippen LogP contribution in [-0.4, -0.2) is 17.7 Å². The van der Waals surface area contributed by atoms with Crippen molar-refractivity contribution in [2.75, 3.05) is 6.54 Å². The zero-order valence-corrected chi connectivity index (χ0v) is 8.23. The maximum absolute atomic E-state index is 9.62. The Morgan fingerprint density at radius 3 is 3.07 bits per heavy atom. The molecule has 0 aliphatic carbocycles. The van der Waals surface area contributed by atoms with Gasteiger partial charge in [0.25, 0.3) is 0 Å². The summed E-state index contributed by atoms with van der Waals surface area (Å²) >= 11 is 0. The van der Waals surface area contributed by atoms with Crippen LogP contribution >= 0.6 is 0 Å². The molecule has 0 aromatic carbocycles. The van der Waals surface area contributed by atoms with E-state index in [0.717, 1.165) is 0 Å². The molecule has 2 N–H and O–H groups in total. The minimum absolute atomic E-state index is 0.213. The monoisotopic (exact) mass is 193 g/mol. The Kier molecular flexibility index (Phi) is 4.24. The standard InChI is InChI=1S/C11H15NO2/c1-3-5-9(2)12-8-10(13)11-6-4-7-14-11/h1,4,6-7,9-10,12-13H,5,8H2,2H3. The van der Waals surface area contributed by atoms with Gasteiger partial charge >= 0.3 is 0 Å². The van der Waals surface area contributed by atoms with E-state index in [4.69, 9.17) is 10.8 Å². The highest BCUT2D eigenvalue weighted by Crippen LogP contribution is 2.11. The Balaban J connectivity index is 2.29. The molecular weight excluding hydrogens is 178 g/mol. The number of aliphatic hydroxyl groups is 1. The molecule has 3 heteroatoms. The molecule has 0 spiro atoms. The van der Waals surface area contributed by atoms with Crippen molar-refractivity contribution in [3.63, 3.8) is 0 Å². The van der Waals surface area contributed by atoms with E-state index < -0.39 is 6.10 Å². The number of hydrogen-bond acceptors (Lipinski definition) is 3. The lowest BCUT2D eigenvalue weighted by atomic mass is 10.2. The number of terminal acetylenes is 1. The van der Waals surface area contributed by atoms with Crippen molar-refractivity contribution in [1.82, 2.24) is 5.32 Å². The molecule has 1 aromatic rings. The lowest BCUT2D eigenvalue weighted by Gasteiger charge is -2.13. The highest BCUT2D eigenvalue weighted by molar-refractivity contribution is 5.02. The molecule has 0 fully saturated rings. The molecule has 2 atom stereocenters. The molecule has 1 aromatic heterocycles. The van der Waals surface area contributed by atoms with Crippen LogP contribution in [0.5, 0.6) is 0 Å². The predicted molar refractivity (Wildman–Crippen MR) is 54.6 cm³/mol. The average Bonchev–Trinajstić information content (AvgIpc) is 2.67. The molecule has 0 aliphatic rings. The van der Waals surface area contributed by atoms with Crippen LogP contribution in [0.25, 0.3) is 0 Å². The summed E-state index contributed by atoms with van der Waals surface area (Å²) in [5.74, 6) is 3.13. The van der Waals surface area contributed by atoms with Crippen molar-refractivity contribution in [2.24, 2.45) is 0 Å². The van der Waals surface area contributed by atoms with E-state index in [-0.39, 0.29) is 6.04 Å². The maximum atomic E-state index is 9.62. The van der Waals surface area contributed by atoms with Gasteiger partial charge in [0.1, 0.15) is 11.9 Å². The second-order valence-corrected chi connectivity index (χ2v) is 3.25. The second kappa shape index (κ2) is 5.48. The molecule has 76 valence electrons. The third-order valence-electron chi connectivity index (χ3n) is 1.96. The molecule has 0 bridgehead atoms. The Hall–Kier alpha value is -1.24. The van der Waals surface area contributed by atoms with Gasteiger partial charge in [-0.2, -0.15) is 0 Å². The van der Waals surface area contributed by atoms with E-state index in [2.05, 4.69) is 11.2 Å². The van der Waals surface area contributed by atoms with E-state index in [9.17, 15) is 5.11 Å². The van der Waals surface area contributed by atoms with Crippen LogP contribution in [0.4, 0.5) is 0 Å². The van der Waals surface area contributed by atoms with Crippen LogP contribution in [0.15, 0.2) is 22.8 Å². The van der Waals surface area contributed by atoms with Crippen molar-refractivity contribution >= 4 is 0 Å². The fraction of sp³-hybridized carbons (Fsp3) is 0.455. The summed E-state index contributed by atoms with van der Waals surface area (Å²) in [6, 6.07) is 3.71. The molecule has 0 amide bonds. The average molecular weight is 193 g/mol. The first-order chi connectivity index (χ1) is 6.74. The van der Waals surface area contributed by atoms with E-state index >= 15 is 0 Å². The number of nitrogens with one attached hydrogen (secondary N) is 1. The van der Waals surface area contributed by atoms with Crippen molar-refractivity contribution in [1.29, 1.82) is 0 Å². The third kappa shape index (κ3) is 3.25. The zero-order chi connectivity index (χ0) is 10.4. The number of rotatable bonds is 5. The first-order valence-corrected chi connectivity index (χ1v) is 4.62. The lowest BCUT2D eigenvalue weighted by molar-refractivity contribution is 0.144. The van der Waals surface area contributed by atoms with Gasteiger partial charge in [0.15, 0.2) is 0 Å². The predicted octanol–water partition coefficient (Wildman–Crippen LogP) is 1.31. The van der Waals surface area contributed by atoms with Crippen LogP contribution in [0.1, 0.15) is 25.2 Å². The van der Waals surface area contributed by atoms with Gasteiger partial charge in [-0.1, -0.05) is 0 Å². The van der Waals surface area contributed by atoms with Crippen molar-refractivity contribution in [3.05, 3.63) is 24.2 Å². The second-order valence-electron chi connectivity index (χ2n) is 3.25. The minimum atomic E-state index is -0.606. The number of hydrogen-bond donors (Lipinski definition) is 2. The van der Waals surface area contributed by atoms with Gasteiger partial charge in [0, 0.05) is 19.0 Å². The fourth-order valence-corrected chi connectivity index (χ4v) is 1.14. The molecular formula is C11H15NO2. The highest BCUT2D eigenvalue weighted by Gasteiger charge is 2.10. The summed E-state index contributed by atoms with van der Waals surface area (Å²) in [4.78, 5) is 0. The summed E-state index contributed by atoms with van der Waals surface area (Å²) in [5.41, 5.74) is 0. The number of furan rings is 1. The van der Waals surface area contributed by atoms with Crippen LogP contribution in [0.3, 0.4) is 0 Å². The number of aliphatic hydroxyl groups excluding tert-OH is 1. The van der Waals surface area contributed by atoms with Crippen molar-refractivity contribution < 1.29 is 9.52 Å². The smallest absolute Gasteiger partial charge is 0.133 e. The van der Waals surface area contributed by atoms with E-state index in [1.54, 1.807) is 18.4 Å². The van der Waals surface area contributed by atoms with Gasteiger partial charge in [0.05, 0.1) is 6.26 Å². The Morgan fingerprint density at radius 2 is 2.50 bits per heavy atom. The molecule has 1 heterocycles. The largest absolute Gasteiger partial charge is 0.467 e. The molecule has 0 saturated heterocycles. The van der Waals surface area contributed by atoms with Gasteiger partial charge in [-0.05, 0) is 19.1 Å².